The van der Waals surface area contributed by atoms with Crippen molar-refractivity contribution in [1.29, 1.82) is 0 Å². The minimum absolute atomic E-state index is 0.0302. The lowest BCUT2D eigenvalue weighted by molar-refractivity contribution is -0.121. The summed E-state index contributed by atoms with van der Waals surface area (Å²) in [5, 5.41) is 5.61. The molecule has 132 valence electrons. The Hall–Kier alpha value is -2.69. The molecule has 2 amide bonds. The zero-order valence-corrected chi connectivity index (χ0v) is 14.3. The van der Waals surface area contributed by atoms with Crippen molar-refractivity contribution < 1.29 is 14.0 Å². The maximum Gasteiger partial charge on any atom is 0.255 e. The number of halogens is 1. The zero-order valence-electron chi connectivity index (χ0n) is 14.3. The molecule has 0 unspecified atom stereocenters. The smallest absolute Gasteiger partial charge is 0.255 e. The van der Waals surface area contributed by atoms with Crippen molar-refractivity contribution in [3.63, 3.8) is 0 Å². The Morgan fingerprint density at radius 1 is 1.04 bits per heavy atom. The Morgan fingerprint density at radius 3 is 2.60 bits per heavy atom. The van der Waals surface area contributed by atoms with Crippen LogP contribution in [0.25, 0.3) is 0 Å². The standard InChI is InChI=1S/C20H23FN2O2/c1-2-3-4-11-19(24)22-14-15-7-5-10-18(12-15)23-20(25)16-8-6-9-17(21)13-16/h5-10,12-13H,2-4,11,14H2,1H3,(H,22,24)(H,23,25). The van der Waals surface area contributed by atoms with Gasteiger partial charge < -0.3 is 10.6 Å². The van der Waals surface area contributed by atoms with Gasteiger partial charge in [-0.1, -0.05) is 38.0 Å². The number of unbranched alkanes of at least 4 members (excludes halogenated alkanes) is 2. The molecule has 2 aromatic carbocycles. The summed E-state index contributed by atoms with van der Waals surface area (Å²) in [5.74, 6) is -0.796. The summed E-state index contributed by atoms with van der Waals surface area (Å²) >= 11 is 0. The Bertz CT molecular complexity index is 731. The van der Waals surface area contributed by atoms with Gasteiger partial charge in [-0.25, -0.2) is 4.39 Å². The highest BCUT2D eigenvalue weighted by Gasteiger charge is 2.07. The van der Waals surface area contributed by atoms with Gasteiger partial charge in [-0.05, 0) is 42.3 Å². The molecule has 2 aromatic rings. The molecular weight excluding hydrogens is 319 g/mol. The second-order valence-electron chi connectivity index (χ2n) is 5.90. The number of rotatable bonds is 8. The maximum absolute atomic E-state index is 13.2. The van der Waals surface area contributed by atoms with Crippen molar-refractivity contribution in [3.05, 3.63) is 65.5 Å². The summed E-state index contributed by atoms with van der Waals surface area (Å²) in [4.78, 5) is 23.9. The first-order valence-corrected chi connectivity index (χ1v) is 8.51. The van der Waals surface area contributed by atoms with E-state index in [1.165, 1.54) is 18.2 Å². The average Bonchev–Trinajstić information content (AvgIpc) is 2.60. The molecule has 0 aliphatic heterocycles. The number of nitrogens with one attached hydrogen (secondary N) is 2. The van der Waals surface area contributed by atoms with Gasteiger partial charge in [-0.2, -0.15) is 0 Å². The van der Waals surface area contributed by atoms with Gasteiger partial charge in [-0.3, -0.25) is 9.59 Å². The van der Waals surface area contributed by atoms with E-state index in [2.05, 4.69) is 17.6 Å². The first-order chi connectivity index (χ1) is 12.1. The number of hydrogen-bond acceptors (Lipinski definition) is 2. The molecular formula is C20H23FN2O2. The van der Waals surface area contributed by atoms with E-state index in [1.807, 2.05) is 6.07 Å². The van der Waals surface area contributed by atoms with Crippen LogP contribution in [0.4, 0.5) is 10.1 Å². The first kappa shape index (κ1) is 18.6. The molecule has 2 rings (SSSR count). The summed E-state index contributed by atoms with van der Waals surface area (Å²) in [7, 11) is 0. The number of carbonyl (C=O) groups is 2. The van der Waals surface area contributed by atoms with E-state index in [9.17, 15) is 14.0 Å². The highest BCUT2D eigenvalue weighted by atomic mass is 19.1. The van der Waals surface area contributed by atoms with Crippen LogP contribution >= 0.6 is 0 Å². The lowest BCUT2D eigenvalue weighted by Gasteiger charge is -2.09. The molecule has 0 atom stereocenters. The Labute approximate surface area is 147 Å². The van der Waals surface area contributed by atoms with E-state index in [0.717, 1.165) is 24.8 Å². The van der Waals surface area contributed by atoms with Crippen molar-refractivity contribution in [1.82, 2.24) is 5.32 Å². The Kier molecular flexibility index (Phi) is 7.14. The first-order valence-electron chi connectivity index (χ1n) is 8.51. The van der Waals surface area contributed by atoms with Crippen LogP contribution in [0.2, 0.25) is 0 Å². The van der Waals surface area contributed by atoms with Crippen molar-refractivity contribution in [2.45, 2.75) is 39.2 Å². The Morgan fingerprint density at radius 2 is 1.84 bits per heavy atom. The molecule has 0 radical (unpaired) electrons. The molecule has 2 N–H and O–H groups in total. The summed E-state index contributed by atoms with van der Waals surface area (Å²) < 4.78 is 13.2. The van der Waals surface area contributed by atoms with Gasteiger partial charge in [-0.15, -0.1) is 0 Å². The van der Waals surface area contributed by atoms with Gasteiger partial charge in [0.05, 0.1) is 0 Å². The minimum atomic E-state index is -0.452. The van der Waals surface area contributed by atoms with E-state index in [-0.39, 0.29) is 17.4 Å². The van der Waals surface area contributed by atoms with Gasteiger partial charge in [0, 0.05) is 24.2 Å². The van der Waals surface area contributed by atoms with Crippen LogP contribution in [-0.4, -0.2) is 11.8 Å². The summed E-state index contributed by atoms with van der Waals surface area (Å²) in [6, 6.07) is 12.8. The predicted octanol–water partition coefficient (Wildman–Crippen LogP) is 4.27. The highest BCUT2D eigenvalue weighted by Crippen LogP contribution is 2.13. The number of benzene rings is 2. The van der Waals surface area contributed by atoms with Crippen molar-refractivity contribution in [2.75, 3.05) is 5.32 Å². The van der Waals surface area contributed by atoms with Gasteiger partial charge >= 0.3 is 0 Å². The number of amides is 2. The summed E-state index contributed by atoms with van der Waals surface area (Å²) in [6.45, 7) is 2.51. The lowest BCUT2D eigenvalue weighted by atomic mass is 10.1. The molecule has 0 aliphatic rings. The largest absolute Gasteiger partial charge is 0.352 e. The number of hydrogen-bond donors (Lipinski definition) is 2. The van der Waals surface area contributed by atoms with Crippen LogP contribution in [0, 0.1) is 5.82 Å². The van der Waals surface area contributed by atoms with E-state index >= 15 is 0 Å². The average molecular weight is 342 g/mol. The third-order valence-electron chi connectivity index (χ3n) is 3.77. The maximum atomic E-state index is 13.2. The molecule has 4 nitrogen and oxygen atoms in total. The van der Waals surface area contributed by atoms with E-state index in [4.69, 9.17) is 0 Å². The van der Waals surface area contributed by atoms with Crippen LogP contribution in [0.5, 0.6) is 0 Å². The molecule has 0 bridgehead atoms. The molecule has 0 spiro atoms. The van der Waals surface area contributed by atoms with Gasteiger partial charge in [0.15, 0.2) is 0 Å². The molecule has 0 fully saturated rings. The van der Waals surface area contributed by atoms with Gasteiger partial charge in [0.1, 0.15) is 5.82 Å². The van der Waals surface area contributed by atoms with E-state index in [0.29, 0.717) is 18.7 Å². The summed E-state index contributed by atoms with van der Waals surface area (Å²) in [5.41, 5.74) is 1.75. The van der Waals surface area contributed by atoms with Crippen molar-refractivity contribution in [2.24, 2.45) is 0 Å². The normalized spacial score (nSPS) is 10.3. The monoisotopic (exact) mass is 342 g/mol. The van der Waals surface area contributed by atoms with E-state index in [1.54, 1.807) is 24.3 Å². The fourth-order valence-electron chi connectivity index (χ4n) is 2.42. The van der Waals surface area contributed by atoms with Crippen LogP contribution in [0.15, 0.2) is 48.5 Å². The molecule has 0 saturated heterocycles. The second-order valence-corrected chi connectivity index (χ2v) is 5.90. The topological polar surface area (TPSA) is 58.2 Å². The molecule has 0 aliphatic carbocycles. The minimum Gasteiger partial charge on any atom is -0.352 e. The summed E-state index contributed by atoms with van der Waals surface area (Å²) in [6.07, 6.45) is 3.56. The molecule has 5 heteroatoms. The highest BCUT2D eigenvalue weighted by molar-refractivity contribution is 6.04. The van der Waals surface area contributed by atoms with Crippen molar-refractivity contribution >= 4 is 17.5 Å². The predicted molar refractivity (Wildman–Crippen MR) is 96.8 cm³/mol. The molecule has 0 aromatic heterocycles. The fraction of sp³-hybridized carbons (Fsp3) is 0.300. The third-order valence-corrected chi connectivity index (χ3v) is 3.77. The Balaban J connectivity index is 1.90. The fourth-order valence-corrected chi connectivity index (χ4v) is 2.42. The SMILES string of the molecule is CCCCCC(=O)NCc1cccc(NC(=O)c2cccc(F)c2)c1. The van der Waals surface area contributed by atoms with Crippen molar-refractivity contribution in [3.8, 4) is 0 Å². The van der Waals surface area contributed by atoms with Crippen LogP contribution < -0.4 is 10.6 Å². The lowest BCUT2D eigenvalue weighted by Crippen LogP contribution is -2.22. The van der Waals surface area contributed by atoms with Crippen LogP contribution in [-0.2, 0) is 11.3 Å². The van der Waals surface area contributed by atoms with E-state index < -0.39 is 5.82 Å². The molecule has 0 heterocycles. The van der Waals surface area contributed by atoms with Crippen LogP contribution in [0.3, 0.4) is 0 Å². The number of anilines is 1. The van der Waals surface area contributed by atoms with Gasteiger partial charge in [0.2, 0.25) is 5.91 Å². The molecule has 0 saturated carbocycles. The molecule has 25 heavy (non-hydrogen) atoms. The quantitative estimate of drug-likeness (QED) is 0.704. The zero-order chi connectivity index (χ0) is 18.1. The third kappa shape index (κ3) is 6.37. The van der Waals surface area contributed by atoms with Gasteiger partial charge in [0.25, 0.3) is 5.91 Å². The second kappa shape index (κ2) is 9.57. The van der Waals surface area contributed by atoms with Crippen LogP contribution in [0.1, 0.15) is 48.5 Å². The number of carbonyl (C=O) groups excluding carboxylic acids is 2.